The van der Waals surface area contributed by atoms with Crippen molar-refractivity contribution in [1.29, 1.82) is 0 Å². The van der Waals surface area contributed by atoms with Gasteiger partial charge >= 0.3 is 2.85 Å². The summed E-state index contributed by atoms with van der Waals surface area (Å²) >= 11 is 2.49. The summed E-state index contributed by atoms with van der Waals surface area (Å²) in [6.45, 7) is 0. The molecular formula is C6H9ISi+2. The molecule has 0 aliphatic carbocycles. The molecule has 0 fully saturated rings. The molecule has 0 N–H and O–H groups in total. The molecule has 2 heteroatoms. The Balaban J connectivity index is 0. The molecule has 1 aromatic carbocycles. The molecule has 0 aliphatic heterocycles. The first kappa shape index (κ1) is 6.29. The second-order valence-electron chi connectivity index (χ2n) is 1.62. The van der Waals surface area contributed by atoms with E-state index in [1.807, 2.05) is 0 Å². The molecule has 0 bridgehead atoms. The van der Waals surface area contributed by atoms with Crippen LogP contribution in [0, 0.1) is 0 Å². The molecule has 0 spiro atoms. The first-order chi connectivity index (χ1) is 3.93. The Bertz CT molecular complexity index is 157. The maximum Gasteiger partial charge on any atom is 1.00 e. The minimum absolute atomic E-state index is 0. The van der Waals surface area contributed by atoms with Crippen molar-refractivity contribution >= 4 is 34.0 Å². The van der Waals surface area contributed by atoms with Crippen molar-refractivity contribution < 1.29 is 2.85 Å². The summed E-state index contributed by atoms with van der Waals surface area (Å²) in [6, 6.07) is 10.6. The molecule has 0 aromatic heterocycles. The van der Waals surface area contributed by atoms with E-state index >= 15 is 0 Å². The van der Waals surface area contributed by atoms with Gasteiger partial charge in [0.15, 0.2) is 0 Å². The Morgan fingerprint density at radius 2 is 1.88 bits per heavy atom. The molecular weight excluding hydrogens is 227 g/mol. The molecule has 0 aliphatic rings. The van der Waals surface area contributed by atoms with Crippen molar-refractivity contribution in [3.63, 3.8) is 0 Å². The van der Waals surface area contributed by atoms with Crippen LogP contribution in [0.25, 0.3) is 0 Å². The van der Waals surface area contributed by atoms with Gasteiger partial charge in [-0.3, -0.25) is 0 Å². The number of halogens is 1. The Kier molecular flexibility index (Phi) is 2.55. The van der Waals surface area contributed by atoms with E-state index in [9.17, 15) is 0 Å². The lowest BCUT2D eigenvalue weighted by Crippen LogP contribution is -2.04. The van der Waals surface area contributed by atoms with Crippen molar-refractivity contribution in [3.05, 3.63) is 30.3 Å². The van der Waals surface area contributed by atoms with Gasteiger partial charge in [0, 0.05) is 0 Å². The third kappa shape index (κ3) is 1.59. The third-order valence-corrected chi connectivity index (χ3v) is 4.42. The average molecular weight is 236 g/mol. The number of hydrogen-bond acceptors (Lipinski definition) is 0. The van der Waals surface area contributed by atoms with Gasteiger partial charge < -0.3 is 0 Å². The molecule has 0 radical (unpaired) electrons. The minimum atomic E-state index is 0. The van der Waals surface area contributed by atoms with Crippen LogP contribution in [0.2, 0.25) is 0 Å². The molecule has 0 nitrogen and oxygen atoms in total. The first-order valence-electron chi connectivity index (χ1n) is 2.53. The van der Waals surface area contributed by atoms with E-state index in [4.69, 9.17) is 0 Å². The van der Waals surface area contributed by atoms with Crippen LogP contribution < -0.4 is 5.19 Å². The second-order valence-corrected chi connectivity index (χ2v) is 4.99. The lowest BCUT2D eigenvalue weighted by Gasteiger charge is -1.87. The lowest BCUT2D eigenvalue weighted by atomic mass is 10.4. The second kappa shape index (κ2) is 3.24. The molecule has 1 aromatic rings. The van der Waals surface area contributed by atoms with Gasteiger partial charge in [0.05, 0.1) is 0 Å². The Morgan fingerprint density at radius 3 is 2.25 bits per heavy atom. The van der Waals surface area contributed by atoms with Crippen LogP contribution in [0.3, 0.4) is 0 Å². The standard InChI is InChI=1S/C6H7ISi/c7-8-6-4-2-1-3-5-6/h1-5H,8H2/p+2. The first-order valence-corrected chi connectivity index (χ1v) is 8.35. The Labute approximate surface area is 67.3 Å². The number of hydrogen-bond donors (Lipinski definition) is 0. The van der Waals surface area contributed by atoms with Gasteiger partial charge in [0.25, 0.3) is 0 Å². The molecule has 42 valence electrons. The molecule has 0 saturated heterocycles. The van der Waals surface area contributed by atoms with E-state index in [1.165, 1.54) is 5.19 Å². The van der Waals surface area contributed by atoms with Crippen LogP contribution in [0.5, 0.6) is 0 Å². The summed E-state index contributed by atoms with van der Waals surface area (Å²) in [5, 5.41) is 1.54. The molecule has 8 heavy (non-hydrogen) atoms. The molecule has 0 saturated carbocycles. The third-order valence-electron chi connectivity index (χ3n) is 0.997. The summed E-state index contributed by atoms with van der Waals surface area (Å²) in [4.78, 5) is 0. The van der Waals surface area contributed by atoms with Crippen LogP contribution in [0.1, 0.15) is 2.85 Å². The summed E-state index contributed by atoms with van der Waals surface area (Å²) in [6.07, 6.45) is 0. The van der Waals surface area contributed by atoms with Gasteiger partial charge in [0.1, 0.15) is 7.02 Å². The lowest BCUT2D eigenvalue weighted by molar-refractivity contribution is 1.77. The van der Waals surface area contributed by atoms with Gasteiger partial charge in [-0.25, -0.2) is 0 Å². The van der Waals surface area contributed by atoms with Crippen molar-refractivity contribution in [1.82, 2.24) is 0 Å². The number of rotatable bonds is 1. The van der Waals surface area contributed by atoms with Crippen molar-refractivity contribution in [2.45, 2.75) is 0 Å². The van der Waals surface area contributed by atoms with Gasteiger partial charge in [0.2, 0.25) is 0 Å². The van der Waals surface area contributed by atoms with Gasteiger partial charge in [-0.2, -0.15) is 0 Å². The summed E-state index contributed by atoms with van der Waals surface area (Å²) in [5.41, 5.74) is 0. The highest BCUT2D eigenvalue weighted by atomic mass is 127. The largest absolute Gasteiger partial charge is 1.00 e. The van der Waals surface area contributed by atoms with E-state index < -0.39 is 0 Å². The van der Waals surface area contributed by atoms with Crippen LogP contribution in [0.4, 0.5) is 0 Å². The van der Waals surface area contributed by atoms with E-state index in [2.05, 4.69) is 52.1 Å². The number of benzene rings is 1. The van der Waals surface area contributed by atoms with Gasteiger partial charge in [-0.1, -0.05) is 35.5 Å². The molecule has 0 heterocycles. The fourth-order valence-corrected chi connectivity index (χ4v) is 2.54. The molecule has 0 amide bonds. The Hall–Kier alpha value is 0.167. The van der Waals surface area contributed by atoms with Crippen molar-refractivity contribution in [2.24, 2.45) is 0 Å². The summed E-state index contributed by atoms with van der Waals surface area (Å²) in [7, 11) is 0.0613. The predicted octanol–water partition coefficient (Wildman–Crippen LogP) is 1.06. The van der Waals surface area contributed by atoms with Crippen molar-refractivity contribution in [2.75, 3.05) is 0 Å². The van der Waals surface area contributed by atoms with Crippen LogP contribution in [-0.2, 0) is 0 Å². The van der Waals surface area contributed by atoms with Crippen LogP contribution in [-0.4, -0.2) is 7.02 Å². The fourth-order valence-electron chi connectivity index (χ4n) is 0.567. The topological polar surface area (TPSA) is 0 Å². The van der Waals surface area contributed by atoms with Gasteiger partial charge in [-0.05, 0) is 0 Å². The minimum Gasteiger partial charge on any atom is -0.122 e. The molecule has 0 unspecified atom stereocenters. The fraction of sp³-hybridized carbons (Fsp3) is 0. The normalized spacial score (nSPS) is 10.6. The maximum absolute atomic E-state index is 2.49. The zero-order valence-corrected chi connectivity index (χ0v) is 8.04. The summed E-state index contributed by atoms with van der Waals surface area (Å²) < 4.78 is 0. The predicted molar refractivity (Wildman–Crippen MR) is 50.9 cm³/mol. The molecule has 1 rings (SSSR count). The van der Waals surface area contributed by atoms with E-state index in [0.29, 0.717) is 0 Å². The van der Waals surface area contributed by atoms with E-state index in [1.54, 1.807) is 0 Å². The SMILES string of the molecule is I[SiH2]c1ccccc1.[H+].[H+]. The van der Waals surface area contributed by atoms with E-state index in [0.717, 1.165) is 0 Å². The monoisotopic (exact) mass is 236 g/mol. The highest BCUT2D eigenvalue weighted by Gasteiger charge is 1.82. The highest BCUT2D eigenvalue weighted by Crippen LogP contribution is 1.83. The zero-order valence-electron chi connectivity index (χ0n) is 6.47. The van der Waals surface area contributed by atoms with Crippen molar-refractivity contribution in [3.8, 4) is 0 Å². The van der Waals surface area contributed by atoms with Crippen LogP contribution >= 0.6 is 21.8 Å². The van der Waals surface area contributed by atoms with Gasteiger partial charge in [-0.15, -0.1) is 21.8 Å². The maximum atomic E-state index is 2.49. The summed E-state index contributed by atoms with van der Waals surface area (Å²) in [5.74, 6) is 0. The zero-order chi connectivity index (χ0) is 5.82. The van der Waals surface area contributed by atoms with Crippen LogP contribution in [0.15, 0.2) is 30.3 Å². The quantitative estimate of drug-likeness (QED) is 0.388. The smallest absolute Gasteiger partial charge is 0.122 e. The average Bonchev–Trinajstić information content (AvgIpc) is 1.90. The highest BCUT2D eigenvalue weighted by molar-refractivity contribution is 14.1. The Morgan fingerprint density at radius 1 is 1.25 bits per heavy atom. The van der Waals surface area contributed by atoms with E-state index in [-0.39, 0.29) is 9.87 Å². The molecule has 0 atom stereocenters.